The fourth-order valence-electron chi connectivity index (χ4n) is 20.3. The number of pyridine rings is 6. The third-order valence-corrected chi connectivity index (χ3v) is 26.7. The molecule has 8 heterocycles. The van der Waals surface area contributed by atoms with E-state index in [1.54, 1.807) is 0 Å². The fraction of sp³-hybridized carbons (Fsp3) is 0. The molecular formula is C128H82N8. The predicted octanol–water partition coefficient (Wildman–Crippen LogP) is 33.5. The van der Waals surface area contributed by atoms with Crippen LogP contribution >= 0.6 is 0 Å². The molecule has 0 unspecified atom stereocenters. The van der Waals surface area contributed by atoms with Gasteiger partial charge in [-0.1, -0.05) is 394 Å². The van der Waals surface area contributed by atoms with Crippen molar-refractivity contribution in [1.82, 2.24) is 39.0 Å². The van der Waals surface area contributed by atoms with Crippen molar-refractivity contribution in [3.8, 4) is 123 Å². The van der Waals surface area contributed by atoms with Crippen LogP contribution in [0, 0.1) is 0 Å². The third kappa shape index (κ3) is 14.4. The van der Waals surface area contributed by atoms with Crippen LogP contribution < -0.4 is 0 Å². The molecule has 0 N–H and O–H groups in total. The summed E-state index contributed by atoms with van der Waals surface area (Å²) in [5, 5.41) is 16.4. The van der Waals surface area contributed by atoms with Crippen molar-refractivity contribution < 1.29 is 0 Å². The Kier molecular flexibility index (Phi) is 20.1. The van der Waals surface area contributed by atoms with Crippen LogP contribution in [0.2, 0.25) is 0 Å². The number of nitrogens with zero attached hydrogens (tertiary/aromatic N) is 8. The molecular weight excluding hydrogens is 1650 g/mol. The van der Waals surface area contributed by atoms with Gasteiger partial charge < -0.3 is 9.13 Å². The van der Waals surface area contributed by atoms with E-state index >= 15 is 0 Å². The third-order valence-electron chi connectivity index (χ3n) is 26.7. The predicted molar refractivity (Wildman–Crippen MR) is 569 cm³/mol. The SMILES string of the molecule is c1cc(-c2ccnc3c2ccc2c(-c4cccc(-n5c6ccccc6c6ccccc65)c4)ccnc23)cc(-n2c3ccccc3c3ccccc32)c1.c1ccc(-c2cc(-c3ccccc3)c3ccc4c(-c5ccccc5)cc(-c5ccc6ccccc6c5)nc4c3n2)cc1.c1ccc(-c2cc(-c3ccccc3)c3ccc4c(-c5ccccc5)cc(-c5cccc6ccccc56)nc4c3n2)cc1. The summed E-state index contributed by atoms with van der Waals surface area (Å²) in [6.07, 6.45) is 3.84. The highest BCUT2D eigenvalue weighted by atomic mass is 15.0. The quantitative estimate of drug-likeness (QED) is 0.113. The van der Waals surface area contributed by atoms with E-state index < -0.39 is 0 Å². The Hall–Kier alpha value is -18.2. The molecule has 0 radical (unpaired) electrons. The fourth-order valence-corrected chi connectivity index (χ4v) is 20.3. The van der Waals surface area contributed by atoms with E-state index in [4.69, 9.17) is 29.9 Å². The lowest BCUT2D eigenvalue weighted by Gasteiger charge is -2.16. The molecule has 0 atom stereocenters. The second kappa shape index (κ2) is 34.2. The van der Waals surface area contributed by atoms with Crippen molar-refractivity contribution in [2.24, 2.45) is 0 Å². The molecule has 0 aliphatic carbocycles. The Bertz CT molecular complexity index is 9000. The molecule has 27 rings (SSSR count). The minimum absolute atomic E-state index is 0.901. The normalized spacial score (nSPS) is 11.5. The lowest BCUT2D eigenvalue weighted by Crippen LogP contribution is -1.96. The summed E-state index contributed by atoms with van der Waals surface area (Å²) in [5.41, 5.74) is 34.4. The van der Waals surface area contributed by atoms with Gasteiger partial charge in [-0.3, -0.25) is 9.97 Å². The van der Waals surface area contributed by atoms with Crippen molar-refractivity contribution in [1.29, 1.82) is 0 Å². The van der Waals surface area contributed by atoms with Gasteiger partial charge in [0.25, 0.3) is 0 Å². The number of para-hydroxylation sites is 4. The Morgan fingerprint density at radius 2 is 0.426 bits per heavy atom. The van der Waals surface area contributed by atoms with Crippen molar-refractivity contribution in [2.75, 3.05) is 0 Å². The van der Waals surface area contributed by atoms with Gasteiger partial charge in [-0.05, 0) is 179 Å². The van der Waals surface area contributed by atoms with Crippen molar-refractivity contribution in [3.63, 3.8) is 0 Å². The topological polar surface area (TPSA) is 87.2 Å². The van der Waals surface area contributed by atoms with Crippen molar-refractivity contribution in [3.05, 3.63) is 498 Å². The van der Waals surface area contributed by atoms with Gasteiger partial charge in [-0.2, -0.15) is 0 Å². The average molecular weight is 1730 g/mol. The first-order valence-corrected chi connectivity index (χ1v) is 46.2. The van der Waals surface area contributed by atoms with Crippen LogP contribution in [-0.2, 0) is 0 Å². The number of hydrogen-bond donors (Lipinski definition) is 0. The Labute approximate surface area is 785 Å². The smallest absolute Gasteiger partial charge is 0.0978 e. The minimum atomic E-state index is 0.901. The summed E-state index contributed by atoms with van der Waals surface area (Å²) in [7, 11) is 0. The zero-order valence-corrected chi connectivity index (χ0v) is 73.9. The van der Waals surface area contributed by atoms with Gasteiger partial charge in [-0.15, -0.1) is 0 Å². The average Bonchev–Trinajstić information content (AvgIpc) is 1.59. The van der Waals surface area contributed by atoms with E-state index in [0.717, 1.165) is 189 Å². The first-order valence-electron chi connectivity index (χ1n) is 46.2. The maximum atomic E-state index is 5.42. The highest BCUT2D eigenvalue weighted by molar-refractivity contribution is 6.18. The van der Waals surface area contributed by atoms with Crippen molar-refractivity contribution >= 4 is 131 Å². The molecule has 27 aromatic rings. The van der Waals surface area contributed by atoms with Gasteiger partial charge in [-0.25, -0.2) is 19.9 Å². The highest BCUT2D eigenvalue weighted by Gasteiger charge is 2.24. The molecule has 8 aromatic heterocycles. The number of fused-ring (bicyclic) bond motifs is 17. The van der Waals surface area contributed by atoms with Crippen LogP contribution in [-0.4, -0.2) is 39.0 Å². The summed E-state index contributed by atoms with van der Waals surface area (Å²) in [6.45, 7) is 0. The molecule has 634 valence electrons. The summed E-state index contributed by atoms with van der Waals surface area (Å²) in [6, 6.07) is 172. The molecule has 136 heavy (non-hydrogen) atoms. The van der Waals surface area contributed by atoms with Gasteiger partial charge in [0.15, 0.2) is 0 Å². The summed E-state index contributed by atoms with van der Waals surface area (Å²) in [5.74, 6) is 0. The first kappa shape index (κ1) is 79.9. The Morgan fingerprint density at radius 1 is 0.140 bits per heavy atom. The van der Waals surface area contributed by atoms with Crippen LogP contribution in [0.15, 0.2) is 498 Å². The van der Waals surface area contributed by atoms with Crippen LogP contribution in [0.4, 0.5) is 0 Å². The highest BCUT2D eigenvalue weighted by Crippen LogP contribution is 2.46. The maximum absolute atomic E-state index is 5.42. The molecule has 0 aliphatic heterocycles. The Balaban J connectivity index is 0.000000110. The van der Waals surface area contributed by atoms with Crippen molar-refractivity contribution in [2.45, 2.75) is 0 Å². The zero-order chi connectivity index (χ0) is 89.9. The number of aromatic nitrogens is 8. The maximum Gasteiger partial charge on any atom is 0.0978 e. The second-order valence-corrected chi connectivity index (χ2v) is 34.6. The summed E-state index contributed by atoms with van der Waals surface area (Å²) < 4.78 is 4.74. The van der Waals surface area contributed by atoms with Gasteiger partial charge >= 0.3 is 0 Å². The van der Waals surface area contributed by atoms with Crippen LogP contribution in [0.1, 0.15) is 0 Å². The monoisotopic (exact) mass is 1730 g/mol. The second-order valence-electron chi connectivity index (χ2n) is 34.6. The lowest BCUT2D eigenvalue weighted by molar-refractivity contribution is 1.18. The lowest BCUT2D eigenvalue weighted by atomic mass is 9.93. The Morgan fingerprint density at radius 3 is 0.816 bits per heavy atom. The molecule has 19 aromatic carbocycles. The molecule has 0 amide bonds. The number of benzene rings is 19. The van der Waals surface area contributed by atoms with E-state index in [1.807, 2.05) is 24.5 Å². The van der Waals surface area contributed by atoms with Crippen LogP contribution in [0.3, 0.4) is 0 Å². The number of rotatable bonds is 12. The van der Waals surface area contributed by atoms with E-state index in [1.165, 1.54) is 65.2 Å². The zero-order valence-electron chi connectivity index (χ0n) is 73.9. The van der Waals surface area contributed by atoms with E-state index in [0.29, 0.717) is 0 Å². The van der Waals surface area contributed by atoms with Gasteiger partial charge in [0.05, 0.1) is 77.9 Å². The van der Waals surface area contributed by atoms with E-state index in [2.05, 4.69) is 482 Å². The molecule has 0 spiro atoms. The molecule has 0 saturated heterocycles. The molecule has 8 heteroatoms. The number of hydrogen-bond acceptors (Lipinski definition) is 6. The van der Waals surface area contributed by atoms with Crippen LogP contribution in [0.5, 0.6) is 0 Å². The van der Waals surface area contributed by atoms with Gasteiger partial charge in [0.1, 0.15) is 0 Å². The molecule has 0 aliphatic rings. The standard InChI is InChI=1S/C48H30N4.2C40H26N2/c1-5-19-43-37(15-1)38-16-2-6-20-44(38)51(43)33-13-9-11-31(29-33)35-25-27-49-47-41(35)23-24-42-36(26-28-50-48(42)47)32-12-10-14-34(30-32)52-45-21-7-3-17-39(45)40-18-4-8-22-46(40)52;1-4-13-28(14-5-1)35-25-37(30-18-8-3-9-19-30)41-39-33(35)23-24-34-36(29-15-6-2-7-16-29)26-38(42-40(34)39)32-22-12-20-27-17-10-11-21-31(27)32;1-4-13-28(14-5-1)35-25-37(30-17-8-3-9-18-30)41-39-33(35)22-23-34-36(29-15-6-2-7-16-29)26-38(42-40(34)39)32-21-20-27-12-10-11-19-31(27)24-32/h1-30H;2*1-26H. The largest absolute Gasteiger partial charge is 0.309 e. The first-order chi connectivity index (χ1) is 67.5. The van der Waals surface area contributed by atoms with E-state index in [-0.39, 0.29) is 0 Å². The molecule has 8 nitrogen and oxygen atoms in total. The minimum Gasteiger partial charge on any atom is -0.309 e. The van der Waals surface area contributed by atoms with Crippen LogP contribution in [0.25, 0.3) is 254 Å². The molecule has 0 bridgehead atoms. The molecule has 0 fully saturated rings. The van der Waals surface area contributed by atoms with Gasteiger partial charge in [0, 0.05) is 99.9 Å². The van der Waals surface area contributed by atoms with E-state index in [9.17, 15) is 0 Å². The summed E-state index contributed by atoms with van der Waals surface area (Å²) >= 11 is 0. The van der Waals surface area contributed by atoms with Gasteiger partial charge in [0.2, 0.25) is 0 Å². The molecule has 0 saturated carbocycles. The summed E-state index contributed by atoms with van der Waals surface area (Å²) in [4.78, 5) is 31.3.